The number of hydrogen-bond donors (Lipinski definition) is 1. The quantitative estimate of drug-likeness (QED) is 0.524. The number of rotatable bonds is 6. The van der Waals surface area contributed by atoms with Gasteiger partial charge >= 0.3 is 0 Å². The Morgan fingerprint density at radius 3 is 2.63 bits per heavy atom. The molecule has 0 radical (unpaired) electrons. The van der Waals surface area contributed by atoms with Crippen molar-refractivity contribution in [3.63, 3.8) is 0 Å². The molecule has 0 saturated carbocycles. The molecule has 1 aromatic carbocycles. The van der Waals surface area contributed by atoms with Crippen molar-refractivity contribution >= 4 is 10.9 Å². The predicted molar refractivity (Wildman–Crippen MR) is 108 cm³/mol. The van der Waals surface area contributed by atoms with E-state index in [0.29, 0.717) is 5.88 Å². The summed E-state index contributed by atoms with van der Waals surface area (Å²) in [6.07, 6.45) is 6.80. The molecule has 0 aliphatic carbocycles. The molecule has 0 bridgehead atoms. The van der Waals surface area contributed by atoms with E-state index in [2.05, 4.69) is 51.4 Å². The SMILES string of the molecule is CCCCc1c(-c2cc(-c3ccncc3)nnc2OC)[nH]c2ccccc12. The van der Waals surface area contributed by atoms with Crippen LogP contribution in [-0.2, 0) is 6.42 Å². The van der Waals surface area contributed by atoms with Crippen LogP contribution in [0.1, 0.15) is 25.3 Å². The lowest BCUT2D eigenvalue weighted by Gasteiger charge is -2.10. The normalized spacial score (nSPS) is 11.0. The third-order valence-corrected chi connectivity index (χ3v) is 4.79. The molecule has 5 nitrogen and oxygen atoms in total. The molecule has 0 fully saturated rings. The highest BCUT2D eigenvalue weighted by Crippen LogP contribution is 2.36. The van der Waals surface area contributed by atoms with E-state index in [1.54, 1.807) is 19.5 Å². The predicted octanol–water partition coefficient (Wildman–Crippen LogP) is 5.04. The van der Waals surface area contributed by atoms with E-state index in [4.69, 9.17) is 4.74 Å². The number of aryl methyl sites for hydroxylation is 1. The van der Waals surface area contributed by atoms with Gasteiger partial charge in [-0.1, -0.05) is 31.5 Å². The maximum atomic E-state index is 5.54. The van der Waals surface area contributed by atoms with Crippen molar-refractivity contribution in [2.45, 2.75) is 26.2 Å². The molecule has 0 unspecified atom stereocenters. The smallest absolute Gasteiger partial charge is 0.242 e. The van der Waals surface area contributed by atoms with E-state index >= 15 is 0 Å². The van der Waals surface area contributed by atoms with Gasteiger partial charge in [0.2, 0.25) is 5.88 Å². The van der Waals surface area contributed by atoms with E-state index in [-0.39, 0.29) is 0 Å². The maximum absolute atomic E-state index is 5.54. The van der Waals surface area contributed by atoms with Crippen molar-refractivity contribution in [2.24, 2.45) is 0 Å². The Bertz CT molecular complexity index is 1060. The molecule has 0 atom stereocenters. The highest BCUT2D eigenvalue weighted by atomic mass is 16.5. The summed E-state index contributed by atoms with van der Waals surface area (Å²) in [6, 6.07) is 14.3. The van der Waals surface area contributed by atoms with Crippen molar-refractivity contribution in [1.29, 1.82) is 0 Å². The number of aromatic nitrogens is 4. The number of hydrogen-bond acceptors (Lipinski definition) is 4. The lowest BCUT2D eigenvalue weighted by atomic mass is 10.0. The summed E-state index contributed by atoms with van der Waals surface area (Å²) < 4.78 is 5.54. The number of ether oxygens (including phenoxy) is 1. The molecule has 5 heteroatoms. The second-order valence-electron chi connectivity index (χ2n) is 6.52. The Labute approximate surface area is 158 Å². The van der Waals surface area contributed by atoms with Crippen LogP contribution in [0.3, 0.4) is 0 Å². The first kappa shape index (κ1) is 17.2. The zero-order valence-electron chi connectivity index (χ0n) is 15.6. The highest BCUT2D eigenvalue weighted by Gasteiger charge is 2.18. The number of H-pyrrole nitrogens is 1. The second kappa shape index (κ2) is 7.58. The van der Waals surface area contributed by atoms with Crippen LogP contribution in [0.25, 0.3) is 33.4 Å². The van der Waals surface area contributed by atoms with E-state index < -0.39 is 0 Å². The van der Waals surface area contributed by atoms with Crippen molar-refractivity contribution in [2.75, 3.05) is 7.11 Å². The molecule has 0 aliphatic heterocycles. The fraction of sp³-hybridized carbons (Fsp3) is 0.227. The average molecular weight is 358 g/mol. The van der Waals surface area contributed by atoms with Gasteiger partial charge in [0.15, 0.2) is 0 Å². The van der Waals surface area contributed by atoms with Gasteiger partial charge < -0.3 is 9.72 Å². The Balaban J connectivity index is 1.92. The van der Waals surface area contributed by atoms with E-state index in [1.165, 1.54) is 10.9 Å². The van der Waals surface area contributed by atoms with E-state index in [1.807, 2.05) is 18.2 Å². The number of nitrogens with one attached hydrogen (secondary N) is 1. The minimum atomic E-state index is 0.525. The molecule has 27 heavy (non-hydrogen) atoms. The van der Waals surface area contributed by atoms with Crippen LogP contribution in [0.5, 0.6) is 5.88 Å². The number of methoxy groups -OCH3 is 1. The number of aromatic amines is 1. The van der Waals surface area contributed by atoms with Gasteiger partial charge in [0.05, 0.1) is 24.1 Å². The Kier molecular flexibility index (Phi) is 4.83. The van der Waals surface area contributed by atoms with Gasteiger partial charge in [0.25, 0.3) is 0 Å². The number of benzene rings is 1. The Hall–Kier alpha value is -3.21. The summed E-state index contributed by atoms with van der Waals surface area (Å²) in [5.74, 6) is 0.525. The average Bonchev–Trinajstić information content (AvgIpc) is 3.10. The van der Waals surface area contributed by atoms with Gasteiger partial charge in [-0.15, -0.1) is 10.2 Å². The van der Waals surface area contributed by atoms with Crippen LogP contribution in [0.2, 0.25) is 0 Å². The van der Waals surface area contributed by atoms with Crippen LogP contribution in [0.4, 0.5) is 0 Å². The van der Waals surface area contributed by atoms with Crippen molar-refractivity contribution < 1.29 is 4.74 Å². The number of fused-ring (bicyclic) bond motifs is 1. The number of para-hydroxylation sites is 1. The first-order valence-corrected chi connectivity index (χ1v) is 9.24. The third-order valence-electron chi connectivity index (χ3n) is 4.79. The molecule has 0 amide bonds. The number of pyridine rings is 1. The second-order valence-corrected chi connectivity index (χ2v) is 6.52. The van der Waals surface area contributed by atoms with Crippen molar-refractivity contribution in [1.82, 2.24) is 20.2 Å². The summed E-state index contributed by atoms with van der Waals surface area (Å²) in [5, 5.41) is 9.92. The van der Waals surface area contributed by atoms with Gasteiger partial charge in [-0.3, -0.25) is 4.98 Å². The fourth-order valence-corrected chi connectivity index (χ4v) is 3.42. The van der Waals surface area contributed by atoms with Crippen molar-refractivity contribution in [3.05, 3.63) is 60.4 Å². The molecule has 0 spiro atoms. The summed E-state index contributed by atoms with van der Waals surface area (Å²) in [4.78, 5) is 7.67. The van der Waals surface area contributed by atoms with Gasteiger partial charge in [0.1, 0.15) is 0 Å². The molecule has 0 aliphatic rings. The van der Waals surface area contributed by atoms with Gasteiger partial charge in [-0.2, -0.15) is 0 Å². The molecular formula is C22H22N4O. The zero-order chi connectivity index (χ0) is 18.6. The zero-order valence-corrected chi connectivity index (χ0v) is 15.6. The first-order valence-electron chi connectivity index (χ1n) is 9.24. The molecule has 3 aromatic heterocycles. The lowest BCUT2D eigenvalue weighted by Crippen LogP contribution is -1.98. The summed E-state index contributed by atoms with van der Waals surface area (Å²) in [7, 11) is 1.63. The maximum Gasteiger partial charge on any atom is 0.242 e. The third kappa shape index (κ3) is 3.28. The molecule has 3 heterocycles. The van der Waals surface area contributed by atoms with Crippen molar-refractivity contribution in [3.8, 4) is 28.4 Å². The van der Waals surface area contributed by atoms with Crippen LogP contribution >= 0.6 is 0 Å². The van der Waals surface area contributed by atoms with E-state index in [0.717, 1.165) is 47.3 Å². The Morgan fingerprint density at radius 2 is 1.85 bits per heavy atom. The molecule has 4 aromatic rings. The minimum absolute atomic E-state index is 0.525. The largest absolute Gasteiger partial charge is 0.479 e. The molecule has 136 valence electrons. The van der Waals surface area contributed by atoms with Gasteiger partial charge in [-0.25, -0.2) is 0 Å². The van der Waals surface area contributed by atoms with Gasteiger partial charge in [-0.05, 0) is 42.7 Å². The van der Waals surface area contributed by atoms with E-state index in [9.17, 15) is 0 Å². The Morgan fingerprint density at radius 1 is 1.04 bits per heavy atom. The molecule has 1 N–H and O–H groups in total. The molecule has 4 rings (SSSR count). The fourth-order valence-electron chi connectivity index (χ4n) is 3.42. The van der Waals surface area contributed by atoms with Crippen LogP contribution in [-0.4, -0.2) is 27.3 Å². The van der Waals surface area contributed by atoms with Crippen LogP contribution < -0.4 is 4.74 Å². The van der Waals surface area contributed by atoms with Crippen LogP contribution in [0, 0.1) is 0 Å². The first-order chi connectivity index (χ1) is 13.3. The van der Waals surface area contributed by atoms with Crippen LogP contribution in [0.15, 0.2) is 54.9 Å². The standard InChI is InChI=1S/C22H22N4O/c1-3-4-7-17-16-8-5-6-9-19(16)24-21(17)18-14-20(25-26-22(18)27-2)15-10-12-23-13-11-15/h5-6,8-14,24H,3-4,7H2,1-2H3. The minimum Gasteiger partial charge on any atom is -0.479 e. The summed E-state index contributed by atoms with van der Waals surface area (Å²) in [5.41, 5.74) is 6.21. The molecule has 0 saturated heterocycles. The summed E-state index contributed by atoms with van der Waals surface area (Å²) >= 11 is 0. The molecular weight excluding hydrogens is 336 g/mol. The number of unbranched alkanes of at least 4 members (excludes halogenated alkanes) is 1. The number of nitrogens with zero attached hydrogens (tertiary/aromatic N) is 3. The van der Waals surface area contributed by atoms with Gasteiger partial charge in [0, 0.05) is 28.9 Å². The lowest BCUT2D eigenvalue weighted by molar-refractivity contribution is 0.394. The summed E-state index contributed by atoms with van der Waals surface area (Å²) in [6.45, 7) is 2.21. The topological polar surface area (TPSA) is 63.7 Å². The monoisotopic (exact) mass is 358 g/mol. The highest BCUT2D eigenvalue weighted by molar-refractivity contribution is 5.92.